The van der Waals surface area contributed by atoms with E-state index in [2.05, 4.69) is 26.8 Å². The Balaban J connectivity index is 1.55. The molecule has 0 aliphatic carbocycles. The third-order valence-corrected chi connectivity index (χ3v) is 5.70. The van der Waals surface area contributed by atoms with Crippen molar-refractivity contribution in [2.75, 3.05) is 25.0 Å². The molecule has 4 rings (SSSR count). The smallest absolute Gasteiger partial charge is 0.225 e. The van der Waals surface area contributed by atoms with E-state index in [-0.39, 0.29) is 0 Å². The van der Waals surface area contributed by atoms with Crippen LogP contribution in [0, 0.1) is 0 Å². The summed E-state index contributed by atoms with van der Waals surface area (Å²) < 4.78 is 0. The molecule has 2 bridgehead atoms. The van der Waals surface area contributed by atoms with Crippen molar-refractivity contribution in [1.82, 2.24) is 14.9 Å². The number of nitrogens with zero attached hydrogens (tertiary/aromatic N) is 4. The maximum atomic E-state index is 11.1. The minimum atomic E-state index is -0.734. The van der Waals surface area contributed by atoms with Crippen LogP contribution >= 0.6 is 0 Å². The molecule has 21 heavy (non-hydrogen) atoms. The van der Waals surface area contributed by atoms with Crippen LogP contribution < -0.4 is 4.90 Å². The molecule has 4 heterocycles. The van der Waals surface area contributed by atoms with Gasteiger partial charge in [0.25, 0.3) is 0 Å². The lowest BCUT2D eigenvalue weighted by atomic mass is 9.82. The van der Waals surface area contributed by atoms with Crippen molar-refractivity contribution in [3.63, 3.8) is 0 Å². The highest BCUT2D eigenvalue weighted by Crippen LogP contribution is 2.44. The lowest BCUT2D eigenvalue weighted by Gasteiger charge is -2.42. The van der Waals surface area contributed by atoms with Crippen LogP contribution in [0.4, 0.5) is 5.95 Å². The Morgan fingerprint density at radius 2 is 1.67 bits per heavy atom. The van der Waals surface area contributed by atoms with E-state index in [0.29, 0.717) is 12.1 Å². The van der Waals surface area contributed by atoms with Gasteiger partial charge in [0.05, 0.1) is 5.60 Å². The second-order valence-electron chi connectivity index (χ2n) is 6.96. The van der Waals surface area contributed by atoms with Gasteiger partial charge >= 0.3 is 0 Å². The van der Waals surface area contributed by atoms with Crippen LogP contribution in [0.15, 0.2) is 12.4 Å². The monoisotopic (exact) mass is 288 g/mol. The fourth-order valence-corrected chi connectivity index (χ4v) is 4.32. The SMILES string of the molecule is CN1C2CCC1CC(O)(c1cnc(N3CCCC3)nc1)C2. The molecule has 3 saturated heterocycles. The summed E-state index contributed by atoms with van der Waals surface area (Å²) in [7, 11) is 2.19. The highest BCUT2D eigenvalue weighted by molar-refractivity contribution is 5.32. The molecule has 3 aliphatic rings. The van der Waals surface area contributed by atoms with Crippen molar-refractivity contribution >= 4 is 5.95 Å². The number of aromatic nitrogens is 2. The van der Waals surface area contributed by atoms with Crippen molar-refractivity contribution in [3.05, 3.63) is 18.0 Å². The topological polar surface area (TPSA) is 52.5 Å². The second-order valence-corrected chi connectivity index (χ2v) is 6.96. The van der Waals surface area contributed by atoms with Gasteiger partial charge in [-0.15, -0.1) is 0 Å². The van der Waals surface area contributed by atoms with Crippen LogP contribution in [-0.2, 0) is 5.60 Å². The zero-order valence-electron chi connectivity index (χ0n) is 12.7. The Kier molecular flexibility index (Phi) is 3.15. The molecule has 2 atom stereocenters. The van der Waals surface area contributed by atoms with E-state index < -0.39 is 5.60 Å². The van der Waals surface area contributed by atoms with Crippen LogP contribution in [0.25, 0.3) is 0 Å². The third kappa shape index (κ3) is 2.23. The van der Waals surface area contributed by atoms with Crippen molar-refractivity contribution in [3.8, 4) is 0 Å². The number of anilines is 1. The van der Waals surface area contributed by atoms with Crippen LogP contribution in [0.2, 0.25) is 0 Å². The van der Waals surface area contributed by atoms with E-state index in [9.17, 15) is 5.11 Å². The predicted molar refractivity (Wildman–Crippen MR) is 81.2 cm³/mol. The normalized spacial score (nSPS) is 36.4. The summed E-state index contributed by atoms with van der Waals surface area (Å²) in [6.45, 7) is 2.11. The van der Waals surface area contributed by atoms with E-state index in [0.717, 1.165) is 37.4 Å². The van der Waals surface area contributed by atoms with E-state index in [4.69, 9.17) is 0 Å². The largest absolute Gasteiger partial charge is 0.385 e. The molecule has 5 heteroatoms. The minimum Gasteiger partial charge on any atom is -0.385 e. The zero-order chi connectivity index (χ0) is 14.4. The van der Waals surface area contributed by atoms with E-state index >= 15 is 0 Å². The lowest BCUT2D eigenvalue weighted by molar-refractivity contribution is -0.0497. The van der Waals surface area contributed by atoms with Crippen molar-refractivity contribution in [2.45, 2.75) is 56.2 Å². The van der Waals surface area contributed by atoms with Gasteiger partial charge in [-0.2, -0.15) is 0 Å². The zero-order valence-corrected chi connectivity index (χ0v) is 12.7. The minimum absolute atomic E-state index is 0.506. The average Bonchev–Trinajstić information content (AvgIpc) is 3.09. The molecule has 2 unspecified atom stereocenters. The van der Waals surface area contributed by atoms with Gasteiger partial charge in [0.15, 0.2) is 0 Å². The number of rotatable bonds is 2. The molecule has 1 aromatic rings. The third-order valence-electron chi connectivity index (χ3n) is 5.70. The van der Waals surface area contributed by atoms with Crippen LogP contribution in [-0.4, -0.2) is 52.2 Å². The molecule has 3 aliphatic heterocycles. The van der Waals surface area contributed by atoms with Crippen molar-refractivity contribution in [1.29, 1.82) is 0 Å². The quantitative estimate of drug-likeness (QED) is 0.894. The Labute approximate surface area is 126 Å². The van der Waals surface area contributed by atoms with Gasteiger partial charge in [-0.05, 0) is 45.6 Å². The first-order valence-electron chi connectivity index (χ1n) is 8.17. The van der Waals surface area contributed by atoms with Gasteiger partial charge in [-0.1, -0.05) is 0 Å². The molecule has 1 aromatic heterocycles. The molecule has 5 nitrogen and oxygen atoms in total. The summed E-state index contributed by atoms with van der Waals surface area (Å²) in [5.41, 5.74) is 0.164. The van der Waals surface area contributed by atoms with Crippen LogP contribution in [0.5, 0.6) is 0 Å². The van der Waals surface area contributed by atoms with Gasteiger partial charge in [0.2, 0.25) is 5.95 Å². The molecular weight excluding hydrogens is 264 g/mol. The molecule has 0 amide bonds. The lowest BCUT2D eigenvalue weighted by Crippen LogP contribution is -2.47. The van der Waals surface area contributed by atoms with Gasteiger partial charge < -0.3 is 14.9 Å². The van der Waals surface area contributed by atoms with Crippen LogP contribution in [0.3, 0.4) is 0 Å². The van der Waals surface area contributed by atoms with Crippen molar-refractivity contribution < 1.29 is 5.11 Å². The highest BCUT2D eigenvalue weighted by atomic mass is 16.3. The van der Waals surface area contributed by atoms with Gasteiger partial charge in [0, 0.05) is 43.1 Å². The predicted octanol–water partition coefficient (Wildman–Crippen LogP) is 1.52. The summed E-state index contributed by atoms with van der Waals surface area (Å²) in [6, 6.07) is 1.01. The second kappa shape index (κ2) is 4.92. The first-order chi connectivity index (χ1) is 10.2. The number of aliphatic hydroxyl groups is 1. The molecular formula is C16H24N4O. The molecule has 3 fully saturated rings. The molecule has 0 radical (unpaired) electrons. The number of hydrogen-bond acceptors (Lipinski definition) is 5. The standard InChI is InChI=1S/C16H24N4O/c1-19-13-4-5-14(19)9-16(21,8-13)12-10-17-15(18-11-12)20-6-2-3-7-20/h10-11,13-14,21H,2-9H2,1H3. The summed E-state index contributed by atoms with van der Waals surface area (Å²) in [4.78, 5) is 13.7. The summed E-state index contributed by atoms with van der Waals surface area (Å²) >= 11 is 0. The van der Waals surface area contributed by atoms with E-state index in [1.807, 2.05) is 12.4 Å². The van der Waals surface area contributed by atoms with Gasteiger partial charge in [-0.3, -0.25) is 0 Å². The summed E-state index contributed by atoms with van der Waals surface area (Å²) in [5, 5.41) is 11.1. The molecule has 114 valence electrons. The fraction of sp³-hybridized carbons (Fsp3) is 0.750. The maximum Gasteiger partial charge on any atom is 0.225 e. The Bertz CT molecular complexity index is 498. The van der Waals surface area contributed by atoms with E-state index in [1.54, 1.807) is 0 Å². The maximum absolute atomic E-state index is 11.1. The Morgan fingerprint density at radius 1 is 1.10 bits per heavy atom. The molecule has 0 spiro atoms. The fourth-order valence-electron chi connectivity index (χ4n) is 4.32. The average molecular weight is 288 g/mol. The van der Waals surface area contributed by atoms with Gasteiger partial charge in [-0.25, -0.2) is 9.97 Å². The number of piperidine rings is 1. The van der Waals surface area contributed by atoms with Crippen molar-refractivity contribution in [2.24, 2.45) is 0 Å². The van der Waals surface area contributed by atoms with Gasteiger partial charge in [0.1, 0.15) is 0 Å². The summed E-state index contributed by atoms with van der Waals surface area (Å²) in [6.07, 6.45) is 10.2. The molecule has 0 saturated carbocycles. The van der Waals surface area contributed by atoms with E-state index in [1.165, 1.54) is 25.7 Å². The Hall–Kier alpha value is -1.20. The number of hydrogen-bond donors (Lipinski definition) is 1. The number of fused-ring (bicyclic) bond motifs is 2. The first kappa shape index (κ1) is 13.5. The molecule has 0 aromatic carbocycles. The Morgan fingerprint density at radius 3 is 2.24 bits per heavy atom. The van der Waals surface area contributed by atoms with Crippen LogP contribution in [0.1, 0.15) is 44.1 Å². The first-order valence-corrected chi connectivity index (χ1v) is 8.17. The summed E-state index contributed by atoms with van der Waals surface area (Å²) in [5.74, 6) is 0.816. The molecule has 1 N–H and O–H groups in total. The highest BCUT2D eigenvalue weighted by Gasteiger charge is 2.47.